The number of carbonyl (C=O) groups is 1. The number of halogens is 1. The summed E-state index contributed by atoms with van der Waals surface area (Å²) in [6.45, 7) is 4.79. The summed E-state index contributed by atoms with van der Waals surface area (Å²) < 4.78 is 13.4. The number of nitrogens with one attached hydrogen (secondary N) is 2. The van der Waals surface area contributed by atoms with Crippen molar-refractivity contribution in [3.05, 3.63) is 35.6 Å². The number of nitrogens with zero attached hydrogens (tertiary/aromatic N) is 1. The van der Waals surface area contributed by atoms with Crippen LogP contribution < -0.4 is 10.6 Å². The Morgan fingerprint density at radius 2 is 2.00 bits per heavy atom. The van der Waals surface area contributed by atoms with E-state index in [4.69, 9.17) is 0 Å². The number of rotatable bonds is 4. The Kier molecular flexibility index (Phi) is 3.98. The highest BCUT2D eigenvalue weighted by atomic mass is 19.1. The Morgan fingerprint density at radius 3 is 2.70 bits per heavy atom. The zero-order valence-corrected chi connectivity index (χ0v) is 11.4. The minimum Gasteiger partial charge on any atom is -0.351 e. The number of carbonyl (C=O) groups excluding carboxylic acids is 1. The quantitative estimate of drug-likeness (QED) is 0.847. The van der Waals surface area contributed by atoms with E-state index in [2.05, 4.69) is 15.5 Å². The van der Waals surface area contributed by atoms with Gasteiger partial charge in [-0.2, -0.15) is 0 Å². The molecule has 2 N–H and O–H groups in total. The van der Waals surface area contributed by atoms with Crippen molar-refractivity contribution < 1.29 is 9.18 Å². The topological polar surface area (TPSA) is 44.4 Å². The van der Waals surface area contributed by atoms with Crippen LogP contribution in [0, 0.1) is 17.7 Å². The first kappa shape index (κ1) is 13.5. The lowest BCUT2D eigenvalue weighted by Gasteiger charge is -2.16. The summed E-state index contributed by atoms with van der Waals surface area (Å²) in [4.78, 5) is 14.1. The fourth-order valence-electron chi connectivity index (χ4n) is 3.18. The summed E-state index contributed by atoms with van der Waals surface area (Å²) in [5.41, 5.74) is 0.531. The van der Waals surface area contributed by atoms with Gasteiger partial charge in [-0.3, -0.25) is 9.69 Å². The van der Waals surface area contributed by atoms with Crippen LogP contribution in [0.1, 0.15) is 5.56 Å². The molecule has 0 spiro atoms. The predicted molar refractivity (Wildman–Crippen MR) is 74.5 cm³/mol. The third-order valence-corrected chi connectivity index (χ3v) is 4.27. The number of likely N-dealkylation sites (tertiary alicyclic amines) is 1. The minimum absolute atomic E-state index is 0.0267. The molecule has 1 aromatic carbocycles. The Hall–Kier alpha value is -1.46. The van der Waals surface area contributed by atoms with Crippen molar-refractivity contribution in [2.75, 3.05) is 32.7 Å². The largest absolute Gasteiger partial charge is 0.351 e. The first-order valence-electron chi connectivity index (χ1n) is 7.15. The average Bonchev–Trinajstić information content (AvgIpc) is 2.98. The molecule has 0 aliphatic carbocycles. The molecule has 0 aromatic heterocycles. The lowest BCUT2D eigenvalue weighted by atomic mass is 10.0. The van der Waals surface area contributed by atoms with Gasteiger partial charge >= 0.3 is 0 Å². The summed E-state index contributed by atoms with van der Waals surface area (Å²) in [6.07, 6.45) is 0. The molecule has 2 fully saturated rings. The second-order valence-electron chi connectivity index (χ2n) is 5.74. The lowest BCUT2D eigenvalue weighted by Crippen LogP contribution is -2.37. The second-order valence-corrected chi connectivity index (χ2v) is 5.74. The molecule has 0 radical (unpaired) electrons. The molecule has 0 saturated carbocycles. The molecule has 108 valence electrons. The standard InChI is InChI=1S/C15H20FN3O/c16-14-4-2-1-3-11(14)7-18-15(20)10-19-8-12-5-17-6-13(12)9-19/h1-4,12-13,17H,5-10H2,(H,18,20)/t12-,13+. The number of hydrogen-bond donors (Lipinski definition) is 2. The lowest BCUT2D eigenvalue weighted by molar-refractivity contribution is -0.122. The Bertz CT molecular complexity index is 482. The number of fused-ring (bicyclic) bond motifs is 1. The van der Waals surface area contributed by atoms with Gasteiger partial charge in [-0.05, 0) is 31.0 Å². The van der Waals surface area contributed by atoms with Crippen molar-refractivity contribution in [2.45, 2.75) is 6.54 Å². The fourth-order valence-corrected chi connectivity index (χ4v) is 3.18. The van der Waals surface area contributed by atoms with E-state index < -0.39 is 0 Å². The molecular weight excluding hydrogens is 257 g/mol. The predicted octanol–water partition coefficient (Wildman–Crippen LogP) is 0.593. The summed E-state index contributed by atoms with van der Waals surface area (Å²) in [5, 5.41) is 6.18. The Morgan fingerprint density at radius 1 is 1.30 bits per heavy atom. The van der Waals surface area contributed by atoms with Gasteiger partial charge in [0.05, 0.1) is 6.54 Å². The Balaban J connectivity index is 1.45. The van der Waals surface area contributed by atoms with Crippen molar-refractivity contribution in [3.8, 4) is 0 Å². The van der Waals surface area contributed by atoms with Crippen molar-refractivity contribution in [2.24, 2.45) is 11.8 Å². The zero-order valence-electron chi connectivity index (χ0n) is 11.4. The monoisotopic (exact) mass is 277 g/mol. The normalized spacial score (nSPS) is 25.6. The maximum Gasteiger partial charge on any atom is 0.234 e. The van der Waals surface area contributed by atoms with Crippen molar-refractivity contribution in [1.29, 1.82) is 0 Å². The molecule has 4 nitrogen and oxygen atoms in total. The highest BCUT2D eigenvalue weighted by Crippen LogP contribution is 2.25. The van der Waals surface area contributed by atoms with Crippen LogP contribution in [0.2, 0.25) is 0 Å². The van der Waals surface area contributed by atoms with Crippen LogP contribution in [-0.2, 0) is 11.3 Å². The van der Waals surface area contributed by atoms with Gasteiger partial charge in [-0.15, -0.1) is 0 Å². The van der Waals surface area contributed by atoms with Gasteiger partial charge in [-0.25, -0.2) is 4.39 Å². The third kappa shape index (κ3) is 2.99. The molecule has 2 heterocycles. The number of hydrogen-bond acceptors (Lipinski definition) is 3. The fraction of sp³-hybridized carbons (Fsp3) is 0.533. The third-order valence-electron chi connectivity index (χ3n) is 4.27. The molecule has 3 rings (SSSR count). The molecular formula is C15H20FN3O. The van der Waals surface area contributed by atoms with Crippen molar-refractivity contribution in [1.82, 2.24) is 15.5 Å². The summed E-state index contributed by atoms with van der Waals surface area (Å²) >= 11 is 0. The van der Waals surface area contributed by atoms with Crippen LogP contribution in [0.3, 0.4) is 0 Å². The van der Waals surface area contributed by atoms with Crippen LogP contribution in [0.5, 0.6) is 0 Å². The molecule has 2 saturated heterocycles. The zero-order chi connectivity index (χ0) is 13.9. The maximum atomic E-state index is 13.4. The van der Waals surface area contributed by atoms with Crippen LogP contribution in [0.15, 0.2) is 24.3 Å². The van der Waals surface area contributed by atoms with Gasteiger partial charge in [0.25, 0.3) is 0 Å². The van der Waals surface area contributed by atoms with E-state index in [-0.39, 0.29) is 18.3 Å². The van der Waals surface area contributed by atoms with E-state index in [0.717, 1.165) is 26.2 Å². The molecule has 20 heavy (non-hydrogen) atoms. The number of benzene rings is 1. The van der Waals surface area contributed by atoms with E-state index in [1.54, 1.807) is 18.2 Å². The van der Waals surface area contributed by atoms with E-state index in [1.807, 2.05) is 0 Å². The first-order valence-corrected chi connectivity index (χ1v) is 7.15. The van der Waals surface area contributed by atoms with E-state index in [1.165, 1.54) is 6.07 Å². The van der Waals surface area contributed by atoms with E-state index in [9.17, 15) is 9.18 Å². The summed E-state index contributed by atoms with van der Waals surface area (Å²) in [5.74, 6) is 1.08. The van der Waals surface area contributed by atoms with Gasteiger partial charge in [0, 0.05) is 25.2 Å². The number of amides is 1. The van der Waals surface area contributed by atoms with Crippen LogP contribution in [0.4, 0.5) is 4.39 Å². The molecule has 5 heteroatoms. The smallest absolute Gasteiger partial charge is 0.234 e. The van der Waals surface area contributed by atoms with Gasteiger partial charge in [0.15, 0.2) is 0 Å². The van der Waals surface area contributed by atoms with E-state index in [0.29, 0.717) is 23.9 Å². The molecule has 2 aliphatic rings. The van der Waals surface area contributed by atoms with Gasteiger partial charge < -0.3 is 10.6 Å². The van der Waals surface area contributed by atoms with Gasteiger partial charge in [-0.1, -0.05) is 18.2 Å². The maximum absolute atomic E-state index is 13.4. The van der Waals surface area contributed by atoms with Crippen LogP contribution >= 0.6 is 0 Å². The highest BCUT2D eigenvalue weighted by molar-refractivity contribution is 5.78. The highest BCUT2D eigenvalue weighted by Gasteiger charge is 2.36. The minimum atomic E-state index is -0.269. The average molecular weight is 277 g/mol. The van der Waals surface area contributed by atoms with Crippen LogP contribution in [-0.4, -0.2) is 43.5 Å². The summed E-state index contributed by atoms with van der Waals surface area (Å²) in [7, 11) is 0. The molecule has 0 unspecified atom stereocenters. The molecule has 0 bridgehead atoms. The first-order chi connectivity index (χ1) is 9.72. The van der Waals surface area contributed by atoms with Crippen LogP contribution in [0.25, 0.3) is 0 Å². The van der Waals surface area contributed by atoms with Gasteiger partial charge in [0.2, 0.25) is 5.91 Å². The molecule has 1 amide bonds. The summed E-state index contributed by atoms with van der Waals surface area (Å²) in [6, 6.07) is 6.54. The Labute approximate surface area is 118 Å². The SMILES string of the molecule is O=C(CN1C[C@H]2CNC[C@H]2C1)NCc1ccccc1F. The second kappa shape index (κ2) is 5.89. The molecule has 2 atom stereocenters. The van der Waals surface area contributed by atoms with Gasteiger partial charge in [0.1, 0.15) is 5.82 Å². The molecule has 2 aliphatic heterocycles. The van der Waals surface area contributed by atoms with Crippen molar-refractivity contribution in [3.63, 3.8) is 0 Å². The van der Waals surface area contributed by atoms with Crippen molar-refractivity contribution >= 4 is 5.91 Å². The molecule has 1 aromatic rings. The van der Waals surface area contributed by atoms with E-state index >= 15 is 0 Å².